The van der Waals surface area contributed by atoms with Crippen LogP contribution in [0.1, 0.15) is 24.8 Å². The van der Waals surface area contributed by atoms with Gasteiger partial charge in [0.25, 0.3) is 0 Å². The van der Waals surface area contributed by atoms with Crippen molar-refractivity contribution in [2.24, 2.45) is 0 Å². The summed E-state index contributed by atoms with van der Waals surface area (Å²) in [6.07, 6.45) is 2.19. The Morgan fingerprint density at radius 1 is 0.955 bits per heavy atom. The van der Waals surface area contributed by atoms with E-state index in [0.29, 0.717) is 12.8 Å². The summed E-state index contributed by atoms with van der Waals surface area (Å²) in [5.74, 6) is -4.64. The minimum Gasteiger partial charge on any atom is -0.323 e. The maximum absolute atomic E-state index is 13.7. The third kappa shape index (κ3) is 2.26. The van der Waals surface area contributed by atoms with Crippen molar-refractivity contribution in [2.45, 2.75) is 24.7 Å². The number of hydrogen-bond acceptors (Lipinski definition) is 1. The smallest absolute Gasteiger partial charge is 0.235 e. The van der Waals surface area contributed by atoms with E-state index in [1.54, 1.807) is 0 Å². The van der Waals surface area contributed by atoms with E-state index in [4.69, 9.17) is 0 Å². The SMILES string of the molecule is O=C(Nc1ccc(F)c(F)c1F)C1(c2ccccc2)CCC1. The van der Waals surface area contributed by atoms with E-state index in [1.165, 1.54) is 0 Å². The van der Waals surface area contributed by atoms with E-state index in [0.717, 1.165) is 24.1 Å². The summed E-state index contributed by atoms with van der Waals surface area (Å²) >= 11 is 0. The Bertz CT molecular complexity index is 711. The maximum Gasteiger partial charge on any atom is 0.235 e. The van der Waals surface area contributed by atoms with Crippen LogP contribution >= 0.6 is 0 Å². The van der Waals surface area contributed by atoms with Crippen LogP contribution in [0.2, 0.25) is 0 Å². The van der Waals surface area contributed by atoms with Gasteiger partial charge in [0.05, 0.1) is 11.1 Å². The van der Waals surface area contributed by atoms with Crippen molar-refractivity contribution in [3.8, 4) is 0 Å². The molecule has 1 aliphatic carbocycles. The fourth-order valence-electron chi connectivity index (χ4n) is 2.80. The fraction of sp³-hybridized carbons (Fsp3) is 0.235. The number of carbonyl (C=O) groups is 1. The predicted octanol–water partition coefficient (Wildman–Crippen LogP) is 4.16. The van der Waals surface area contributed by atoms with Crippen molar-refractivity contribution in [2.75, 3.05) is 5.32 Å². The van der Waals surface area contributed by atoms with Crippen LogP contribution in [0.25, 0.3) is 0 Å². The molecule has 0 saturated heterocycles. The summed E-state index contributed by atoms with van der Waals surface area (Å²) in [6, 6.07) is 11.0. The highest BCUT2D eigenvalue weighted by molar-refractivity contribution is 6.00. The first-order valence-electron chi connectivity index (χ1n) is 7.05. The van der Waals surface area contributed by atoms with Crippen LogP contribution < -0.4 is 5.32 Å². The summed E-state index contributed by atoms with van der Waals surface area (Å²) in [6.45, 7) is 0. The molecule has 5 heteroatoms. The number of amides is 1. The first-order valence-corrected chi connectivity index (χ1v) is 7.05. The van der Waals surface area contributed by atoms with Gasteiger partial charge in [-0.15, -0.1) is 0 Å². The predicted molar refractivity (Wildman–Crippen MR) is 76.9 cm³/mol. The second-order valence-corrected chi connectivity index (χ2v) is 5.48. The van der Waals surface area contributed by atoms with Crippen LogP contribution in [0.4, 0.5) is 18.9 Å². The Labute approximate surface area is 126 Å². The minimum atomic E-state index is -1.58. The molecule has 2 aromatic rings. The highest BCUT2D eigenvalue weighted by Gasteiger charge is 2.45. The van der Waals surface area contributed by atoms with Crippen LogP contribution in [-0.4, -0.2) is 5.91 Å². The normalized spacial score (nSPS) is 16.0. The molecule has 1 amide bonds. The second-order valence-electron chi connectivity index (χ2n) is 5.48. The lowest BCUT2D eigenvalue weighted by Crippen LogP contribution is -2.46. The molecule has 0 atom stereocenters. The standard InChI is InChI=1S/C17H14F3NO/c18-12-7-8-13(15(20)14(12)19)21-16(22)17(9-4-10-17)11-5-2-1-3-6-11/h1-3,5-8H,4,9-10H2,(H,21,22). The monoisotopic (exact) mass is 305 g/mol. The molecule has 1 saturated carbocycles. The minimum absolute atomic E-state index is 0.342. The molecule has 0 heterocycles. The third-order valence-electron chi connectivity index (χ3n) is 4.25. The molecule has 114 valence electrons. The molecule has 22 heavy (non-hydrogen) atoms. The van der Waals surface area contributed by atoms with Gasteiger partial charge < -0.3 is 5.32 Å². The quantitative estimate of drug-likeness (QED) is 0.847. The first-order chi connectivity index (χ1) is 10.5. The Kier molecular flexibility index (Phi) is 3.64. The summed E-state index contributed by atoms with van der Waals surface area (Å²) in [7, 11) is 0. The van der Waals surface area contributed by atoms with Gasteiger partial charge in [-0.05, 0) is 30.5 Å². The van der Waals surface area contributed by atoms with E-state index in [2.05, 4.69) is 5.32 Å². The summed E-state index contributed by atoms with van der Waals surface area (Å²) < 4.78 is 39.9. The molecular weight excluding hydrogens is 291 g/mol. The van der Waals surface area contributed by atoms with Crippen LogP contribution in [-0.2, 0) is 10.2 Å². The van der Waals surface area contributed by atoms with Crippen molar-refractivity contribution in [1.82, 2.24) is 0 Å². The van der Waals surface area contributed by atoms with Gasteiger partial charge in [0.2, 0.25) is 5.91 Å². The molecule has 0 spiro atoms. The average molecular weight is 305 g/mol. The van der Waals surface area contributed by atoms with E-state index in [-0.39, 0.29) is 5.69 Å². The molecule has 1 fully saturated rings. The van der Waals surface area contributed by atoms with E-state index < -0.39 is 28.8 Å². The first kappa shape index (κ1) is 14.6. The number of benzene rings is 2. The summed E-state index contributed by atoms with van der Waals surface area (Å²) in [4.78, 5) is 12.6. The van der Waals surface area contributed by atoms with Crippen molar-refractivity contribution in [3.63, 3.8) is 0 Å². The van der Waals surface area contributed by atoms with Crippen molar-refractivity contribution in [1.29, 1.82) is 0 Å². The van der Waals surface area contributed by atoms with Crippen LogP contribution in [0, 0.1) is 17.5 Å². The van der Waals surface area contributed by atoms with Gasteiger partial charge in [-0.1, -0.05) is 36.8 Å². The highest BCUT2D eigenvalue weighted by Crippen LogP contribution is 2.44. The van der Waals surface area contributed by atoms with Crippen molar-refractivity contribution in [3.05, 3.63) is 65.5 Å². The average Bonchev–Trinajstić information content (AvgIpc) is 2.48. The molecule has 0 aliphatic heterocycles. The molecule has 0 bridgehead atoms. The number of hydrogen-bond donors (Lipinski definition) is 1. The number of nitrogens with one attached hydrogen (secondary N) is 1. The van der Waals surface area contributed by atoms with Crippen LogP contribution in [0.5, 0.6) is 0 Å². The molecule has 0 radical (unpaired) electrons. The second kappa shape index (κ2) is 5.48. The third-order valence-corrected chi connectivity index (χ3v) is 4.25. The molecule has 2 aromatic carbocycles. The Hall–Kier alpha value is -2.30. The largest absolute Gasteiger partial charge is 0.323 e. The zero-order valence-corrected chi connectivity index (χ0v) is 11.7. The molecule has 1 aliphatic rings. The molecule has 3 rings (SSSR count). The molecule has 2 nitrogen and oxygen atoms in total. The molecule has 0 aromatic heterocycles. The molecule has 0 unspecified atom stereocenters. The number of carbonyl (C=O) groups excluding carboxylic acids is 1. The van der Waals surface area contributed by atoms with Gasteiger partial charge >= 0.3 is 0 Å². The lowest BCUT2D eigenvalue weighted by atomic mass is 9.64. The fourth-order valence-corrected chi connectivity index (χ4v) is 2.80. The number of rotatable bonds is 3. The Balaban J connectivity index is 1.90. The topological polar surface area (TPSA) is 29.1 Å². The molecular formula is C17H14F3NO. The summed E-state index contributed by atoms with van der Waals surface area (Å²) in [5, 5.41) is 2.40. The number of anilines is 1. The lowest BCUT2D eigenvalue weighted by molar-refractivity contribution is -0.124. The van der Waals surface area contributed by atoms with E-state index in [9.17, 15) is 18.0 Å². The van der Waals surface area contributed by atoms with Crippen LogP contribution in [0.15, 0.2) is 42.5 Å². The Morgan fingerprint density at radius 3 is 2.23 bits per heavy atom. The Morgan fingerprint density at radius 2 is 1.64 bits per heavy atom. The van der Waals surface area contributed by atoms with Gasteiger partial charge in [0, 0.05) is 0 Å². The van der Waals surface area contributed by atoms with E-state index in [1.807, 2.05) is 30.3 Å². The van der Waals surface area contributed by atoms with Gasteiger partial charge in [0.15, 0.2) is 17.5 Å². The van der Waals surface area contributed by atoms with Gasteiger partial charge in [0.1, 0.15) is 0 Å². The van der Waals surface area contributed by atoms with E-state index >= 15 is 0 Å². The van der Waals surface area contributed by atoms with Crippen molar-refractivity contribution >= 4 is 11.6 Å². The van der Waals surface area contributed by atoms with Gasteiger partial charge in [-0.3, -0.25) is 4.79 Å². The molecule has 1 N–H and O–H groups in total. The highest BCUT2D eigenvalue weighted by atomic mass is 19.2. The van der Waals surface area contributed by atoms with Gasteiger partial charge in [-0.25, -0.2) is 13.2 Å². The lowest BCUT2D eigenvalue weighted by Gasteiger charge is -2.40. The zero-order chi connectivity index (χ0) is 15.7. The van der Waals surface area contributed by atoms with Crippen molar-refractivity contribution < 1.29 is 18.0 Å². The summed E-state index contributed by atoms with van der Waals surface area (Å²) in [5.41, 5.74) is -0.216. The van der Waals surface area contributed by atoms with Crippen LogP contribution in [0.3, 0.4) is 0 Å². The zero-order valence-electron chi connectivity index (χ0n) is 11.7. The van der Waals surface area contributed by atoms with Gasteiger partial charge in [-0.2, -0.15) is 0 Å². The number of halogens is 3. The maximum atomic E-state index is 13.7.